The summed E-state index contributed by atoms with van der Waals surface area (Å²) in [7, 11) is 0. The SMILES string of the molecule is CC(C)(C)c1nnc(NC(=O)CSc2nncn2N)s1. The molecule has 0 aliphatic carbocycles. The number of anilines is 1. The minimum atomic E-state index is -0.186. The number of carbonyl (C=O) groups is 1. The second kappa shape index (κ2) is 5.75. The van der Waals surface area contributed by atoms with Gasteiger partial charge in [-0.15, -0.1) is 20.4 Å². The summed E-state index contributed by atoms with van der Waals surface area (Å²) in [6.45, 7) is 6.13. The van der Waals surface area contributed by atoms with Crippen LogP contribution < -0.4 is 11.2 Å². The molecule has 0 bridgehead atoms. The quantitative estimate of drug-likeness (QED) is 0.636. The molecule has 0 aliphatic rings. The van der Waals surface area contributed by atoms with Gasteiger partial charge < -0.3 is 5.84 Å². The highest BCUT2D eigenvalue weighted by molar-refractivity contribution is 7.99. The molecule has 0 fully saturated rings. The van der Waals surface area contributed by atoms with E-state index >= 15 is 0 Å². The van der Waals surface area contributed by atoms with Crippen molar-refractivity contribution in [1.29, 1.82) is 0 Å². The molecule has 10 heteroatoms. The van der Waals surface area contributed by atoms with Crippen LogP contribution in [0.25, 0.3) is 0 Å². The average molecular weight is 313 g/mol. The highest BCUT2D eigenvalue weighted by Gasteiger charge is 2.20. The first kappa shape index (κ1) is 14.7. The van der Waals surface area contributed by atoms with Gasteiger partial charge in [-0.25, -0.2) is 4.68 Å². The Morgan fingerprint density at radius 1 is 1.45 bits per heavy atom. The van der Waals surface area contributed by atoms with Crippen molar-refractivity contribution < 1.29 is 4.79 Å². The normalized spacial score (nSPS) is 11.6. The summed E-state index contributed by atoms with van der Waals surface area (Å²) < 4.78 is 1.26. The first-order valence-corrected chi connectivity index (χ1v) is 7.58. The van der Waals surface area contributed by atoms with Crippen LogP contribution in [0.4, 0.5) is 5.13 Å². The van der Waals surface area contributed by atoms with Gasteiger partial charge in [0.1, 0.15) is 11.3 Å². The van der Waals surface area contributed by atoms with E-state index in [1.165, 1.54) is 34.1 Å². The molecule has 0 aromatic carbocycles. The summed E-state index contributed by atoms with van der Waals surface area (Å²) in [5.41, 5.74) is -0.0780. The lowest BCUT2D eigenvalue weighted by atomic mass is 9.98. The predicted molar refractivity (Wildman–Crippen MR) is 78.1 cm³/mol. The second-order valence-corrected chi connectivity index (χ2v) is 6.94. The fraction of sp³-hybridized carbons (Fsp3) is 0.500. The van der Waals surface area contributed by atoms with Crippen molar-refractivity contribution in [1.82, 2.24) is 25.1 Å². The molecule has 0 aliphatic heterocycles. The summed E-state index contributed by atoms with van der Waals surface area (Å²) >= 11 is 2.58. The van der Waals surface area contributed by atoms with Crippen LogP contribution in [0.2, 0.25) is 0 Å². The van der Waals surface area contributed by atoms with Gasteiger partial charge in [0.05, 0.1) is 5.75 Å². The van der Waals surface area contributed by atoms with Crippen LogP contribution in [0.5, 0.6) is 0 Å². The number of carbonyl (C=O) groups excluding carboxylic acids is 1. The lowest BCUT2D eigenvalue weighted by Crippen LogP contribution is -2.15. The molecule has 2 aromatic heterocycles. The Kier molecular flexibility index (Phi) is 4.23. The van der Waals surface area contributed by atoms with E-state index in [0.29, 0.717) is 10.3 Å². The molecule has 0 saturated carbocycles. The van der Waals surface area contributed by atoms with Gasteiger partial charge in [-0.05, 0) is 0 Å². The minimum absolute atomic E-state index is 0.0780. The highest BCUT2D eigenvalue weighted by atomic mass is 32.2. The molecule has 3 N–H and O–H groups in total. The van der Waals surface area contributed by atoms with E-state index in [1.54, 1.807) is 0 Å². The number of rotatable bonds is 4. The number of hydrogen-bond acceptors (Lipinski definition) is 8. The van der Waals surface area contributed by atoms with Crippen LogP contribution in [-0.2, 0) is 10.2 Å². The van der Waals surface area contributed by atoms with E-state index in [9.17, 15) is 4.79 Å². The van der Waals surface area contributed by atoms with Crippen LogP contribution >= 0.6 is 23.1 Å². The van der Waals surface area contributed by atoms with Crippen molar-refractivity contribution in [3.63, 3.8) is 0 Å². The number of aromatic nitrogens is 5. The molecule has 108 valence electrons. The lowest BCUT2D eigenvalue weighted by molar-refractivity contribution is -0.113. The average Bonchev–Trinajstić information content (AvgIpc) is 2.95. The zero-order chi connectivity index (χ0) is 14.8. The summed E-state index contributed by atoms with van der Waals surface area (Å²) in [6, 6.07) is 0. The van der Waals surface area contributed by atoms with Gasteiger partial charge in [0.25, 0.3) is 0 Å². The van der Waals surface area contributed by atoms with E-state index < -0.39 is 0 Å². The summed E-state index contributed by atoms with van der Waals surface area (Å²) in [6.07, 6.45) is 1.38. The maximum atomic E-state index is 11.8. The van der Waals surface area contributed by atoms with Gasteiger partial charge in [0, 0.05) is 5.41 Å². The maximum Gasteiger partial charge on any atom is 0.236 e. The third-order valence-corrected chi connectivity index (χ3v) is 4.41. The van der Waals surface area contributed by atoms with E-state index in [1.807, 2.05) is 20.8 Å². The number of nitrogen functional groups attached to an aromatic ring is 1. The van der Waals surface area contributed by atoms with Crippen LogP contribution in [0.15, 0.2) is 11.5 Å². The number of thioether (sulfide) groups is 1. The third-order valence-electron chi connectivity index (χ3n) is 2.19. The predicted octanol–water partition coefficient (Wildman–Crippen LogP) is 0.872. The van der Waals surface area contributed by atoms with Crippen molar-refractivity contribution in [2.75, 3.05) is 16.9 Å². The topological polar surface area (TPSA) is 112 Å². The molecule has 20 heavy (non-hydrogen) atoms. The fourth-order valence-electron chi connectivity index (χ4n) is 1.20. The zero-order valence-corrected chi connectivity index (χ0v) is 13.0. The van der Waals surface area contributed by atoms with Crippen molar-refractivity contribution in [2.24, 2.45) is 0 Å². The van der Waals surface area contributed by atoms with E-state index in [2.05, 4.69) is 25.7 Å². The second-order valence-electron chi connectivity index (χ2n) is 5.02. The van der Waals surface area contributed by atoms with Gasteiger partial charge >= 0.3 is 0 Å². The monoisotopic (exact) mass is 313 g/mol. The Bertz CT molecular complexity index is 601. The number of nitrogens with one attached hydrogen (secondary N) is 1. The van der Waals surface area contributed by atoms with Crippen molar-refractivity contribution in [3.05, 3.63) is 11.3 Å². The zero-order valence-electron chi connectivity index (χ0n) is 11.3. The Balaban J connectivity index is 1.89. The van der Waals surface area contributed by atoms with E-state index in [-0.39, 0.29) is 17.1 Å². The number of amides is 1. The Labute approximate surface area is 124 Å². The molecule has 0 atom stereocenters. The van der Waals surface area contributed by atoms with Gasteiger partial charge in [0.15, 0.2) is 0 Å². The van der Waals surface area contributed by atoms with Gasteiger partial charge in [-0.1, -0.05) is 43.9 Å². The Morgan fingerprint density at radius 3 is 2.75 bits per heavy atom. The van der Waals surface area contributed by atoms with Crippen LogP contribution in [0.3, 0.4) is 0 Å². The minimum Gasteiger partial charge on any atom is -0.336 e. The molecule has 0 saturated heterocycles. The van der Waals surface area contributed by atoms with Crippen LogP contribution in [0, 0.1) is 0 Å². The van der Waals surface area contributed by atoms with Gasteiger partial charge in [0.2, 0.25) is 16.2 Å². The molecule has 2 rings (SSSR count). The molecule has 1 amide bonds. The van der Waals surface area contributed by atoms with E-state index in [0.717, 1.165) is 5.01 Å². The molecule has 0 unspecified atom stereocenters. The fourth-order valence-corrected chi connectivity index (χ4v) is 2.65. The molecule has 0 spiro atoms. The number of hydrogen-bond donors (Lipinski definition) is 2. The highest BCUT2D eigenvalue weighted by Crippen LogP contribution is 2.27. The largest absolute Gasteiger partial charge is 0.336 e. The van der Waals surface area contributed by atoms with Crippen molar-refractivity contribution >= 4 is 34.1 Å². The molecule has 2 heterocycles. The third kappa shape index (κ3) is 3.67. The maximum absolute atomic E-state index is 11.8. The van der Waals surface area contributed by atoms with Gasteiger partial charge in [-0.3, -0.25) is 10.1 Å². The molecule has 8 nitrogen and oxygen atoms in total. The lowest BCUT2D eigenvalue weighted by Gasteiger charge is -2.12. The van der Waals surface area contributed by atoms with E-state index in [4.69, 9.17) is 5.84 Å². The molecule has 2 aromatic rings. The summed E-state index contributed by atoms with van der Waals surface area (Å²) in [5.74, 6) is 5.54. The smallest absolute Gasteiger partial charge is 0.236 e. The standard InChI is InChI=1S/C10H15N7OS2/c1-10(2,3)7-14-15-8(20-7)13-6(18)4-19-9-16-12-5-17(9)11/h5H,4,11H2,1-3H3,(H,13,15,18). The van der Waals surface area contributed by atoms with Crippen molar-refractivity contribution in [3.8, 4) is 0 Å². The van der Waals surface area contributed by atoms with Crippen molar-refractivity contribution in [2.45, 2.75) is 31.3 Å². The molecular weight excluding hydrogens is 298 g/mol. The van der Waals surface area contributed by atoms with Crippen LogP contribution in [-0.4, -0.2) is 36.7 Å². The van der Waals surface area contributed by atoms with Gasteiger partial charge in [-0.2, -0.15) is 0 Å². The first-order valence-electron chi connectivity index (χ1n) is 5.78. The molecular formula is C10H15N7OS2. The molecule has 0 radical (unpaired) electrons. The van der Waals surface area contributed by atoms with Crippen LogP contribution in [0.1, 0.15) is 25.8 Å². The number of nitrogens with zero attached hydrogens (tertiary/aromatic N) is 5. The number of nitrogens with two attached hydrogens (primary N) is 1. The first-order chi connectivity index (χ1) is 9.36. The Hall–Kier alpha value is -1.68. The Morgan fingerprint density at radius 2 is 2.20 bits per heavy atom. The summed E-state index contributed by atoms with van der Waals surface area (Å²) in [5, 5.41) is 20.0. The summed E-state index contributed by atoms with van der Waals surface area (Å²) in [4.78, 5) is 11.8.